The molecule has 0 spiro atoms. The summed E-state index contributed by atoms with van der Waals surface area (Å²) in [4.78, 5) is 11.6. The van der Waals surface area contributed by atoms with E-state index in [0.29, 0.717) is 5.75 Å². The van der Waals surface area contributed by atoms with Crippen molar-refractivity contribution < 1.29 is 13.7 Å². The number of benzene rings is 1. The van der Waals surface area contributed by atoms with E-state index in [1.165, 1.54) is 0 Å². The number of carbonyl (C=O) groups excluding carboxylic acids is 1. The van der Waals surface area contributed by atoms with Crippen LogP contribution < -0.4 is 4.74 Å². The summed E-state index contributed by atoms with van der Waals surface area (Å²) in [5.41, 5.74) is 0. The van der Waals surface area contributed by atoms with Crippen LogP contribution >= 0.6 is 0 Å². The molecule has 0 fully saturated rings. The molecule has 0 radical (unpaired) electrons. The Morgan fingerprint density at radius 1 is 1.33 bits per heavy atom. The number of hydrogen-bond donors (Lipinski definition) is 1. The molecule has 0 saturated heterocycles. The van der Waals surface area contributed by atoms with Crippen LogP contribution in [-0.4, -0.2) is 22.7 Å². The van der Waals surface area contributed by atoms with Crippen molar-refractivity contribution >= 4 is 15.9 Å². The highest BCUT2D eigenvalue weighted by atomic mass is 32.2. The van der Waals surface area contributed by atoms with Crippen LogP contribution in [0.25, 0.3) is 0 Å². The molecule has 1 aromatic carbocycles. The van der Waals surface area contributed by atoms with Gasteiger partial charge in [-0.3, -0.25) is 4.21 Å². The maximum atomic E-state index is 11.7. The predicted molar refractivity (Wildman–Crippen MR) is 61.9 cm³/mol. The van der Waals surface area contributed by atoms with E-state index >= 15 is 0 Å². The normalized spacial score (nSPS) is 11.9. The highest BCUT2D eigenvalue weighted by Crippen LogP contribution is 2.18. The number of thiol groups is 1. The molecule has 1 aromatic rings. The van der Waals surface area contributed by atoms with Crippen molar-refractivity contribution in [2.24, 2.45) is 0 Å². The summed E-state index contributed by atoms with van der Waals surface area (Å²) in [6, 6.07) is 6.64. The van der Waals surface area contributed by atoms with Crippen molar-refractivity contribution in [3.8, 4) is 5.75 Å². The summed E-state index contributed by atoms with van der Waals surface area (Å²) in [6.07, 6.45) is 4.48. The molecule has 0 N–H and O–H groups in total. The predicted octanol–water partition coefficient (Wildman–Crippen LogP) is 1.41. The summed E-state index contributed by atoms with van der Waals surface area (Å²) in [7, 11) is -2.24. The lowest BCUT2D eigenvalue weighted by atomic mass is 10.3. The van der Waals surface area contributed by atoms with Gasteiger partial charge in [0.05, 0.1) is 0 Å². The lowest BCUT2D eigenvalue weighted by Crippen LogP contribution is -2.07. The molecule has 4 heteroatoms. The summed E-state index contributed by atoms with van der Waals surface area (Å²) in [5.74, 6) is -0.0731. The average molecular weight is 226 g/mol. The van der Waals surface area contributed by atoms with Crippen LogP contribution in [0.1, 0.15) is 0 Å². The van der Waals surface area contributed by atoms with Gasteiger partial charge in [0.25, 0.3) is 0 Å². The minimum absolute atomic E-state index is 0.428. The first-order valence-corrected chi connectivity index (χ1v) is 7.03. The molecule has 0 aliphatic rings. The van der Waals surface area contributed by atoms with Gasteiger partial charge in [-0.25, -0.2) is 4.79 Å². The first-order valence-electron chi connectivity index (χ1n) is 4.43. The van der Waals surface area contributed by atoms with Crippen molar-refractivity contribution in [2.45, 2.75) is 4.90 Å². The molecule has 0 aromatic heterocycles. The topological polar surface area (TPSA) is 43.4 Å². The zero-order valence-corrected chi connectivity index (χ0v) is 9.66. The Bertz CT molecular complexity index is 414. The van der Waals surface area contributed by atoms with Crippen LogP contribution in [0, 0.1) is 0 Å². The number of rotatable bonds is 3. The monoisotopic (exact) mass is 226 g/mol. The van der Waals surface area contributed by atoms with Crippen molar-refractivity contribution in [2.75, 3.05) is 12.5 Å². The second kappa shape index (κ2) is 4.40. The lowest BCUT2D eigenvalue weighted by molar-refractivity contribution is -0.128. The Kier molecular flexibility index (Phi) is 3.42. The van der Waals surface area contributed by atoms with Crippen LogP contribution in [-0.2, 0) is 14.7 Å². The Balaban J connectivity index is 2.86. The van der Waals surface area contributed by atoms with Crippen molar-refractivity contribution in [3.63, 3.8) is 0 Å². The molecule has 0 amide bonds. The summed E-state index contributed by atoms with van der Waals surface area (Å²) in [5, 5.41) is 0. The van der Waals surface area contributed by atoms with Crippen LogP contribution in [0.15, 0.2) is 41.8 Å². The largest absolute Gasteiger partial charge is 0.423 e. The Hall–Kier alpha value is -1.42. The quantitative estimate of drug-likeness (QED) is 0.367. The highest BCUT2D eigenvalue weighted by molar-refractivity contribution is 8.01. The first kappa shape index (κ1) is 11.7. The smallest absolute Gasteiger partial charge is 0.335 e. The van der Waals surface area contributed by atoms with Crippen molar-refractivity contribution in [1.29, 1.82) is 0 Å². The third-order valence-electron chi connectivity index (χ3n) is 1.84. The number of carbonyl (C=O) groups is 1. The van der Waals surface area contributed by atoms with Gasteiger partial charge in [-0.2, -0.15) is 0 Å². The second-order valence-corrected chi connectivity index (χ2v) is 6.69. The van der Waals surface area contributed by atoms with Gasteiger partial charge in [-0.1, -0.05) is 16.5 Å². The van der Waals surface area contributed by atoms with Crippen LogP contribution in [0.3, 0.4) is 0 Å². The van der Waals surface area contributed by atoms with E-state index in [4.69, 9.17) is 4.74 Å². The maximum absolute atomic E-state index is 11.7. The van der Waals surface area contributed by atoms with Gasteiger partial charge in [0.15, 0.2) is 0 Å². The fraction of sp³-hybridized carbons (Fsp3) is 0.182. The highest BCUT2D eigenvalue weighted by Gasteiger charge is 2.05. The standard InChI is InChI=1S/C11H14O3S/c1-4-11(12)14-9-5-7-10(8-6-9)15(2,3)13/h4-8,15H,1H2,2-3H3. The molecule has 0 aliphatic heterocycles. The number of ether oxygens (including phenoxy) is 1. The molecular formula is C11H14O3S. The number of esters is 1. The summed E-state index contributed by atoms with van der Waals surface area (Å²) >= 11 is 0. The van der Waals surface area contributed by atoms with E-state index in [-0.39, 0.29) is 0 Å². The molecule has 0 bridgehead atoms. The van der Waals surface area contributed by atoms with Gasteiger partial charge in [0.2, 0.25) is 0 Å². The Labute approximate surface area is 90.2 Å². The van der Waals surface area contributed by atoms with E-state index in [1.807, 2.05) is 0 Å². The minimum Gasteiger partial charge on any atom is -0.423 e. The number of hydrogen-bond acceptors (Lipinski definition) is 3. The molecule has 82 valence electrons. The van der Waals surface area contributed by atoms with Gasteiger partial charge in [0, 0.05) is 11.0 Å². The zero-order valence-electron chi connectivity index (χ0n) is 8.77. The Morgan fingerprint density at radius 2 is 1.87 bits per heavy atom. The van der Waals surface area contributed by atoms with E-state index in [1.54, 1.807) is 36.8 Å². The molecule has 0 heterocycles. The van der Waals surface area contributed by atoms with Crippen LogP contribution in [0.2, 0.25) is 0 Å². The van der Waals surface area contributed by atoms with E-state index in [2.05, 4.69) is 6.58 Å². The molecule has 0 saturated carbocycles. The van der Waals surface area contributed by atoms with Gasteiger partial charge < -0.3 is 4.74 Å². The molecule has 15 heavy (non-hydrogen) atoms. The first-order chi connectivity index (χ1) is 6.93. The maximum Gasteiger partial charge on any atom is 0.335 e. The third-order valence-corrected chi connectivity index (χ3v) is 3.39. The SMILES string of the molecule is C=CC(=O)Oc1ccc([SH](C)(C)=O)cc1. The lowest BCUT2D eigenvalue weighted by Gasteiger charge is -2.12. The molecular weight excluding hydrogens is 212 g/mol. The zero-order chi connectivity index (χ0) is 11.5. The minimum atomic E-state index is -2.24. The van der Waals surface area contributed by atoms with Gasteiger partial charge in [-0.15, -0.1) is 0 Å². The van der Waals surface area contributed by atoms with Gasteiger partial charge in [0.1, 0.15) is 5.75 Å². The van der Waals surface area contributed by atoms with Crippen molar-refractivity contribution in [3.05, 3.63) is 36.9 Å². The molecule has 0 atom stereocenters. The molecule has 1 rings (SSSR count). The van der Waals surface area contributed by atoms with Crippen LogP contribution in [0.4, 0.5) is 0 Å². The molecule has 3 nitrogen and oxygen atoms in total. The van der Waals surface area contributed by atoms with Crippen LogP contribution in [0.5, 0.6) is 5.75 Å². The third kappa shape index (κ3) is 3.32. The van der Waals surface area contributed by atoms with Crippen molar-refractivity contribution in [1.82, 2.24) is 0 Å². The van der Waals surface area contributed by atoms with E-state index in [0.717, 1.165) is 11.0 Å². The van der Waals surface area contributed by atoms with Gasteiger partial charge in [-0.05, 0) is 36.8 Å². The fourth-order valence-corrected chi connectivity index (χ4v) is 1.90. The molecule has 0 aliphatic carbocycles. The van der Waals surface area contributed by atoms with Gasteiger partial charge >= 0.3 is 5.97 Å². The van der Waals surface area contributed by atoms with E-state index < -0.39 is 15.9 Å². The second-order valence-electron chi connectivity index (χ2n) is 3.47. The Morgan fingerprint density at radius 3 is 2.27 bits per heavy atom. The summed E-state index contributed by atoms with van der Waals surface area (Å²) < 4.78 is 16.6. The fourth-order valence-electron chi connectivity index (χ4n) is 1.03. The van der Waals surface area contributed by atoms with E-state index in [9.17, 15) is 9.00 Å². The summed E-state index contributed by atoms with van der Waals surface area (Å²) in [6.45, 7) is 3.29. The molecule has 0 unspecified atom stereocenters. The average Bonchev–Trinajstić information content (AvgIpc) is 2.17.